The lowest BCUT2D eigenvalue weighted by Gasteiger charge is -2.07. The number of hydrogen-bond donors (Lipinski definition) is 1. The third-order valence-electron chi connectivity index (χ3n) is 2.19. The summed E-state index contributed by atoms with van der Waals surface area (Å²) >= 11 is 0. The Labute approximate surface area is 110 Å². The number of azide groups is 1. The Morgan fingerprint density at radius 1 is 1.63 bits per heavy atom. The molecule has 0 aliphatic rings. The van der Waals surface area contributed by atoms with E-state index < -0.39 is 0 Å². The third-order valence-corrected chi connectivity index (χ3v) is 2.19. The number of carbonyl (C=O) groups excluding carboxylic acids is 1. The first-order valence-corrected chi connectivity index (χ1v) is 5.73. The molecule has 7 heteroatoms. The highest BCUT2D eigenvalue weighted by molar-refractivity contribution is 5.95. The number of rotatable bonds is 7. The van der Waals surface area contributed by atoms with Crippen LogP contribution in [0.5, 0.6) is 0 Å². The molecule has 1 amide bonds. The summed E-state index contributed by atoms with van der Waals surface area (Å²) in [6.07, 6.45) is 3.77. The molecule has 1 heterocycles. The van der Waals surface area contributed by atoms with E-state index in [1.54, 1.807) is 24.4 Å². The van der Waals surface area contributed by atoms with Crippen LogP contribution in [0.2, 0.25) is 0 Å². The van der Waals surface area contributed by atoms with Crippen molar-refractivity contribution in [3.8, 4) is 0 Å². The summed E-state index contributed by atoms with van der Waals surface area (Å²) in [5.74, 6) is -0.142. The predicted molar refractivity (Wildman–Crippen MR) is 70.9 cm³/mol. The Balaban J connectivity index is 2.52. The van der Waals surface area contributed by atoms with Gasteiger partial charge in [0, 0.05) is 30.3 Å². The summed E-state index contributed by atoms with van der Waals surface area (Å²) in [5.41, 5.74) is 8.74. The molecule has 1 rings (SSSR count). The normalized spacial score (nSPS) is 10.5. The molecule has 0 unspecified atom stereocenters. The predicted octanol–water partition coefficient (Wildman–Crippen LogP) is 1.89. The smallest absolute Gasteiger partial charge is 0.286 e. The molecule has 0 aromatic carbocycles. The van der Waals surface area contributed by atoms with Gasteiger partial charge in [0.1, 0.15) is 0 Å². The van der Waals surface area contributed by atoms with E-state index in [1.807, 2.05) is 6.07 Å². The van der Waals surface area contributed by atoms with Gasteiger partial charge in [-0.3, -0.25) is 9.78 Å². The van der Waals surface area contributed by atoms with Gasteiger partial charge in [0.2, 0.25) is 0 Å². The molecule has 0 atom stereocenters. The van der Waals surface area contributed by atoms with Crippen molar-refractivity contribution in [2.45, 2.75) is 6.42 Å². The van der Waals surface area contributed by atoms with Crippen LogP contribution in [0.25, 0.3) is 16.5 Å². The van der Waals surface area contributed by atoms with Gasteiger partial charge in [-0.2, -0.15) is 0 Å². The topological polar surface area (TPSA) is 100.0 Å². The van der Waals surface area contributed by atoms with Crippen molar-refractivity contribution >= 4 is 12.0 Å². The zero-order valence-electron chi connectivity index (χ0n) is 10.6. The van der Waals surface area contributed by atoms with Crippen molar-refractivity contribution in [2.24, 2.45) is 5.11 Å². The van der Waals surface area contributed by atoms with Crippen molar-refractivity contribution in [1.29, 1.82) is 0 Å². The van der Waals surface area contributed by atoms with Crippen LogP contribution in [-0.2, 0) is 9.53 Å². The fourth-order valence-corrected chi connectivity index (χ4v) is 1.30. The molecule has 1 N–H and O–H groups in total. The van der Waals surface area contributed by atoms with Gasteiger partial charge in [0.05, 0.1) is 12.8 Å². The third kappa shape index (κ3) is 5.56. The molecular weight excluding hydrogens is 246 g/mol. The van der Waals surface area contributed by atoms with E-state index in [-0.39, 0.29) is 11.7 Å². The van der Waals surface area contributed by atoms with E-state index in [0.29, 0.717) is 25.2 Å². The van der Waals surface area contributed by atoms with E-state index in [2.05, 4.69) is 20.3 Å². The Kier molecular flexibility index (Phi) is 6.53. The van der Waals surface area contributed by atoms with Gasteiger partial charge >= 0.3 is 0 Å². The Morgan fingerprint density at radius 3 is 3.11 bits per heavy atom. The van der Waals surface area contributed by atoms with Crippen molar-refractivity contribution < 1.29 is 9.53 Å². The number of hydrogen-bond acceptors (Lipinski definition) is 4. The van der Waals surface area contributed by atoms with Gasteiger partial charge in [0.15, 0.2) is 5.76 Å². The van der Waals surface area contributed by atoms with Crippen molar-refractivity contribution in [3.63, 3.8) is 0 Å². The fourth-order valence-electron chi connectivity index (χ4n) is 1.30. The molecule has 100 valence electrons. The zero-order chi connectivity index (χ0) is 13.9. The minimum absolute atomic E-state index is 0.183. The number of pyridine rings is 1. The van der Waals surface area contributed by atoms with Gasteiger partial charge in [-0.25, -0.2) is 0 Å². The average Bonchev–Trinajstić information content (AvgIpc) is 2.45. The summed E-state index contributed by atoms with van der Waals surface area (Å²) in [7, 11) is 1.42. The second kappa shape index (κ2) is 8.54. The number of amides is 1. The van der Waals surface area contributed by atoms with Crippen LogP contribution < -0.4 is 5.32 Å². The van der Waals surface area contributed by atoms with Crippen LogP contribution in [0.3, 0.4) is 0 Å². The van der Waals surface area contributed by atoms with Crippen LogP contribution in [0.4, 0.5) is 0 Å². The molecule has 0 aliphatic heterocycles. The highest BCUT2D eigenvalue weighted by atomic mass is 16.5. The van der Waals surface area contributed by atoms with Crippen LogP contribution >= 0.6 is 0 Å². The van der Waals surface area contributed by atoms with Crippen molar-refractivity contribution in [1.82, 2.24) is 10.3 Å². The Bertz CT molecular complexity index is 480. The molecular formula is C12H15N5O2. The first kappa shape index (κ1) is 14.5. The number of methoxy groups -OCH3 is 1. The SMILES string of the molecule is CO/C(=C/c1ccccn1)C(=O)NCCCN=[N+]=[N-]. The molecule has 0 aliphatic carbocycles. The van der Waals surface area contributed by atoms with Crippen molar-refractivity contribution in [2.75, 3.05) is 20.2 Å². The fraction of sp³-hybridized carbons (Fsp3) is 0.333. The van der Waals surface area contributed by atoms with Gasteiger partial charge in [-0.15, -0.1) is 0 Å². The van der Waals surface area contributed by atoms with E-state index in [9.17, 15) is 4.79 Å². The maximum Gasteiger partial charge on any atom is 0.286 e. The average molecular weight is 261 g/mol. The van der Waals surface area contributed by atoms with Gasteiger partial charge < -0.3 is 10.1 Å². The lowest BCUT2D eigenvalue weighted by molar-refractivity contribution is -0.120. The minimum atomic E-state index is -0.325. The largest absolute Gasteiger partial charge is 0.491 e. The van der Waals surface area contributed by atoms with Crippen LogP contribution in [0.1, 0.15) is 12.1 Å². The minimum Gasteiger partial charge on any atom is -0.491 e. The maximum absolute atomic E-state index is 11.8. The molecule has 1 aromatic heterocycles. The van der Waals surface area contributed by atoms with Crippen LogP contribution in [0, 0.1) is 0 Å². The van der Waals surface area contributed by atoms with Crippen LogP contribution in [0.15, 0.2) is 35.3 Å². The standard InChI is InChI=1S/C12H15N5O2/c1-19-11(9-10-5-2-3-6-14-10)12(18)15-7-4-8-16-17-13/h2-3,5-6,9H,4,7-8H2,1H3,(H,15,18)/b11-9+. The Hall–Kier alpha value is -2.53. The lowest BCUT2D eigenvalue weighted by Crippen LogP contribution is -2.27. The Morgan fingerprint density at radius 2 is 2.47 bits per heavy atom. The number of ether oxygens (including phenoxy) is 1. The molecule has 0 bridgehead atoms. The first-order chi connectivity index (χ1) is 9.27. The van der Waals surface area contributed by atoms with Crippen LogP contribution in [-0.4, -0.2) is 31.1 Å². The van der Waals surface area contributed by atoms with E-state index in [4.69, 9.17) is 10.3 Å². The lowest BCUT2D eigenvalue weighted by atomic mass is 10.3. The molecule has 7 nitrogen and oxygen atoms in total. The molecule has 1 aromatic rings. The zero-order valence-corrected chi connectivity index (χ0v) is 10.6. The summed E-state index contributed by atoms with van der Waals surface area (Å²) in [6, 6.07) is 5.39. The molecule has 0 spiro atoms. The molecule has 0 fully saturated rings. The number of nitrogens with zero attached hydrogens (tertiary/aromatic N) is 4. The summed E-state index contributed by atoms with van der Waals surface area (Å²) in [6.45, 7) is 0.768. The summed E-state index contributed by atoms with van der Waals surface area (Å²) in [5, 5.41) is 6.04. The van der Waals surface area contributed by atoms with Gasteiger partial charge in [-0.05, 0) is 24.1 Å². The second-order valence-corrected chi connectivity index (χ2v) is 3.53. The second-order valence-electron chi connectivity index (χ2n) is 3.53. The first-order valence-electron chi connectivity index (χ1n) is 5.73. The van der Waals surface area contributed by atoms with E-state index in [1.165, 1.54) is 7.11 Å². The summed E-state index contributed by atoms with van der Waals surface area (Å²) in [4.78, 5) is 18.5. The number of carbonyl (C=O) groups is 1. The summed E-state index contributed by atoms with van der Waals surface area (Å²) < 4.78 is 5.02. The number of nitrogens with one attached hydrogen (secondary N) is 1. The highest BCUT2D eigenvalue weighted by Crippen LogP contribution is 2.04. The maximum atomic E-state index is 11.8. The quantitative estimate of drug-likeness (QED) is 0.202. The van der Waals surface area contributed by atoms with Gasteiger partial charge in [0.25, 0.3) is 5.91 Å². The molecule has 19 heavy (non-hydrogen) atoms. The van der Waals surface area contributed by atoms with E-state index >= 15 is 0 Å². The molecule has 0 saturated carbocycles. The molecule has 0 saturated heterocycles. The molecule has 0 radical (unpaired) electrons. The number of aromatic nitrogens is 1. The highest BCUT2D eigenvalue weighted by Gasteiger charge is 2.08. The van der Waals surface area contributed by atoms with Gasteiger partial charge in [-0.1, -0.05) is 11.2 Å². The monoisotopic (exact) mass is 261 g/mol. The van der Waals surface area contributed by atoms with E-state index in [0.717, 1.165) is 0 Å². The van der Waals surface area contributed by atoms with Crippen molar-refractivity contribution in [3.05, 3.63) is 46.3 Å².